The van der Waals surface area contributed by atoms with Crippen LogP contribution < -0.4 is 0 Å². The highest BCUT2D eigenvalue weighted by atomic mass is 31.2. The van der Waals surface area contributed by atoms with E-state index in [2.05, 4.69) is 4.99 Å². The molecule has 0 saturated heterocycles. The molecule has 0 spiro atoms. The van der Waals surface area contributed by atoms with Gasteiger partial charge in [-0.25, -0.2) is 9.48 Å². The van der Waals surface area contributed by atoms with Crippen LogP contribution in [-0.2, 0) is 4.57 Å². The molecule has 0 aliphatic carbocycles. The molecule has 1 rings (SSSR count). The maximum atomic E-state index is 11.1. The molecule has 13 heavy (non-hydrogen) atoms. The average Bonchev–Trinajstić information content (AvgIpc) is 2.34. The van der Waals surface area contributed by atoms with Gasteiger partial charge in [-0.2, -0.15) is 0 Å². The van der Waals surface area contributed by atoms with Crippen molar-refractivity contribution in [3.63, 3.8) is 0 Å². The summed E-state index contributed by atoms with van der Waals surface area (Å²) in [5.74, 6) is -0.727. The van der Waals surface area contributed by atoms with Crippen LogP contribution in [0, 0.1) is 0 Å². The van der Waals surface area contributed by atoms with Crippen molar-refractivity contribution in [2.24, 2.45) is 4.99 Å². The van der Waals surface area contributed by atoms with Crippen LogP contribution in [0.25, 0.3) is 0 Å². The fourth-order valence-electron chi connectivity index (χ4n) is 1.53. The Bertz CT molecular complexity index is 282. The van der Waals surface area contributed by atoms with Crippen LogP contribution in [0.15, 0.2) is 17.4 Å². The summed E-state index contributed by atoms with van der Waals surface area (Å²) in [5, 5.41) is 0. The first-order valence-electron chi connectivity index (χ1n) is 4.03. The van der Waals surface area contributed by atoms with Crippen molar-refractivity contribution in [3.05, 3.63) is 12.4 Å². The lowest BCUT2D eigenvalue weighted by molar-refractivity contribution is -0.771. The lowest BCUT2D eigenvalue weighted by atomic mass is 10.4. The maximum absolute atomic E-state index is 11.1. The number of hydrogen-bond donors (Lipinski definition) is 2. The van der Waals surface area contributed by atoms with Gasteiger partial charge >= 0.3 is 7.60 Å². The van der Waals surface area contributed by atoms with E-state index in [0.717, 1.165) is 0 Å². The van der Waals surface area contributed by atoms with Crippen LogP contribution in [0.5, 0.6) is 0 Å². The van der Waals surface area contributed by atoms with Crippen molar-refractivity contribution in [2.45, 2.75) is 19.1 Å². The molecule has 0 aromatic rings. The van der Waals surface area contributed by atoms with Crippen molar-refractivity contribution >= 4 is 13.9 Å². The molecule has 0 bridgehead atoms. The Morgan fingerprint density at radius 1 is 1.62 bits per heavy atom. The summed E-state index contributed by atoms with van der Waals surface area (Å²) in [5.41, 5.74) is 0. The van der Waals surface area contributed by atoms with Gasteiger partial charge in [0, 0.05) is 6.42 Å². The minimum atomic E-state index is -4.06. The Kier molecular flexibility index (Phi) is 2.73. The zero-order valence-corrected chi connectivity index (χ0v) is 8.56. The Hall–Kier alpha value is -0.480. The SMILES string of the molecule is CCC([N+]1(C)C=CN=C1)P(=O)(O)O. The van der Waals surface area contributed by atoms with Crippen LogP contribution >= 0.6 is 7.60 Å². The zero-order valence-electron chi connectivity index (χ0n) is 7.66. The van der Waals surface area contributed by atoms with Gasteiger partial charge in [0.15, 0.2) is 12.1 Å². The van der Waals surface area contributed by atoms with Crippen molar-refractivity contribution < 1.29 is 18.8 Å². The van der Waals surface area contributed by atoms with E-state index in [0.29, 0.717) is 6.42 Å². The van der Waals surface area contributed by atoms with E-state index in [4.69, 9.17) is 9.79 Å². The molecule has 2 N–H and O–H groups in total. The minimum Gasteiger partial charge on any atom is -0.320 e. The van der Waals surface area contributed by atoms with Gasteiger partial charge in [0.25, 0.3) is 0 Å². The highest BCUT2D eigenvalue weighted by molar-refractivity contribution is 7.52. The molecule has 6 heteroatoms. The largest absolute Gasteiger partial charge is 0.383 e. The van der Waals surface area contributed by atoms with Crippen LogP contribution in [0.4, 0.5) is 0 Å². The van der Waals surface area contributed by atoms with E-state index in [-0.39, 0.29) is 4.48 Å². The Balaban J connectivity index is 2.97. The van der Waals surface area contributed by atoms with E-state index in [1.54, 1.807) is 26.4 Å². The zero-order chi connectivity index (χ0) is 10.1. The molecule has 0 amide bonds. The monoisotopic (exact) mass is 205 g/mol. The number of hydrogen-bond acceptors (Lipinski definition) is 2. The number of nitrogens with zero attached hydrogens (tertiary/aromatic N) is 2. The predicted octanol–water partition coefficient (Wildman–Crippen LogP) is 0.860. The van der Waals surface area contributed by atoms with Crippen LogP contribution in [-0.4, -0.2) is 33.4 Å². The van der Waals surface area contributed by atoms with E-state index < -0.39 is 13.4 Å². The van der Waals surface area contributed by atoms with Gasteiger partial charge in [0.05, 0.1) is 13.2 Å². The summed E-state index contributed by atoms with van der Waals surface area (Å²) in [6.07, 6.45) is 5.18. The molecule has 0 fully saturated rings. The second kappa shape index (κ2) is 3.35. The molecule has 0 aromatic carbocycles. The molecule has 2 unspecified atom stereocenters. The Morgan fingerprint density at radius 3 is 2.54 bits per heavy atom. The van der Waals surface area contributed by atoms with Gasteiger partial charge in [-0.15, -0.1) is 0 Å². The van der Waals surface area contributed by atoms with Gasteiger partial charge in [-0.05, 0) is 0 Å². The maximum Gasteiger partial charge on any atom is 0.383 e. The molecule has 1 aliphatic heterocycles. The van der Waals surface area contributed by atoms with Gasteiger partial charge in [0.1, 0.15) is 6.20 Å². The normalized spacial score (nSPS) is 29.5. The third-order valence-electron chi connectivity index (χ3n) is 2.19. The standard InChI is InChI=1S/C7H13N2O3P/c1-3-7(13(10,11)12)9(2)5-4-8-6-9/h4-7H,3H2,1-2H3,(H-,10,11,12)/p+1. The number of aliphatic imine (C=N–C) groups is 1. The third kappa shape index (κ3) is 2.06. The summed E-state index contributed by atoms with van der Waals surface area (Å²) < 4.78 is 11.2. The fourth-order valence-corrected chi connectivity index (χ4v) is 2.79. The predicted molar refractivity (Wildman–Crippen MR) is 49.9 cm³/mol. The van der Waals surface area contributed by atoms with Gasteiger partial charge in [-0.1, -0.05) is 6.92 Å². The van der Waals surface area contributed by atoms with Crippen molar-refractivity contribution in [3.8, 4) is 0 Å². The van der Waals surface area contributed by atoms with Crippen molar-refractivity contribution in [1.29, 1.82) is 0 Å². The minimum absolute atomic E-state index is 0.0841. The summed E-state index contributed by atoms with van der Waals surface area (Å²) in [6, 6.07) is 0. The summed E-state index contributed by atoms with van der Waals surface area (Å²) in [4.78, 5) is 22.0. The highest BCUT2D eigenvalue weighted by Crippen LogP contribution is 2.47. The highest BCUT2D eigenvalue weighted by Gasteiger charge is 2.43. The van der Waals surface area contributed by atoms with Gasteiger partial charge in [-0.3, -0.25) is 4.57 Å². The Morgan fingerprint density at radius 2 is 2.23 bits per heavy atom. The van der Waals surface area contributed by atoms with Crippen LogP contribution in [0.3, 0.4) is 0 Å². The summed E-state index contributed by atoms with van der Waals surface area (Å²) >= 11 is 0. The molecule has 0 aromatic heterocycles. The van der Waals surface area contributed by atoms with E-state index in [1.807, 2.05) is 0 Å². The lowest BCUT2D eigenvalue weighted by Gasteiger charge is -2.31. The van der Waals surface area contributed by atoms with Crippen molar-refractivity contribution in [1.82, 2.24) is 0 Å². The Labute approximate surface area is 77.2 Å². The quantitative estimate of drug-likeness (QED) is 0.530. The van der Waals surface area contributed by atoms with Crippen LogP contribution in [0.1, 0.15) is 13.3 Å². The first kappa shape index (κ1) is 10.6. The topological polar surface area (TPSA) is 69.9 Å². The van der Waals surface area contributed by atoms with Crippen LogP contribution in [0.2, 0.25) is 0 Å². The van der Waals surface area contributed by atoms with Gasteiger partial charge in [0.2, 0.25) is 0 Å². The molecular weight excluding hydrogens is 191 g/mol. The molecule has 74 valence electrons. The van der Waals surface area contributed by atoms with E-state index in [1.165, 1.54) is 6.34 Å². The first-order valence-corrected chi connectivity index (χ1v) is 5.71. The summed E-state index contributed by atoms with van der Waals surface area (Å²) in [7, 11) is -2.34. The number of rotatable bonds is 3. The third-order valence-corrected chi connectivity index (χ3v) is 3.82. The smallest absolute Gasteiger partial charge is 0.320 e. The molecule has 1 aliphatic rings. The fraction of sp³-hybridized carbons (Fsp3) is 0.571. The molecule has 0 radical (unpaired) electrons. The lowest BCUT2D eigenvalue weighted by Crippen LogP contribution is -2.44. The van der Waals surface area contributed by atoms with E-state index in [9.17, 15) is 4.57 Å². The summed E-state index contributed by atoms with van der Waals surface area (Å²) in [6.45, 7) is 1.76. The molecule has 5 nitrogen and oxygen atoms in total. The van der Waals surface area contributed by atoms with Crippen molar-refractivity contribution in [2.75, 3.05) is 7.05 Å². The molecule has 2 atom stereocenters. The molecular formula is C7H14N2O3P+. The van der Waals surface area contributed by atoms with E-state index >= 15 is 0 Å². The number of quaternary nitrogens is 1. The second-order valence-electron chi connectivity index (χ2n) is 3.26. The molecule has 0 saturated carbocycles. The van der Waals surface area contributed by atoms with Gasteiger partial charge < -0.3 is 9.79 Å². The second-order valence-corrected chi connectivity index (χ2v) is 5.04. The molecule has 1 heterocycles. The first-order chi connectivity index (χ1) is 5.90. The average molecular weight is 205 g/mol.